The summed E-state index contributed by atoms with van der Waals surface area (Å²) < 4.78 is 0. The van der Waals surface area contributed by atoms with Gasteiger partial charge >= 0.3 is 0 Å². The van der Waals surface area contributed by atoms with Crippen LogP contribution in [0.25, 0.3) is 43.1 Å². The number of fused-ring (bicyclic) bond motifs is 2. The Hall–Kier alpha value is -2.68. The Kier molecular flexibility index (Phi) is 3.24. The van der Waals surface area contributed by atoms with Crippen LogP contribution >= 0.6 is 23.2 Å². The molecule has 0 unspecified atom stereocenters. The molecule has 0 bridgehead atoms. The molecule has 0 spiro atoms. The van der Waals surface area contributed by atoms with Gasteiger partial charge in [0, 0.05) is 16.5 Å². The summed E-state index contributed by atoms with van der Waals surface area (Å²) >= 11 is 11.6. The van der Waals surface area contributed by atoms with Crippen molar-refractivity contribution in [3.05, 3.63) is 71.8 Å². The van der Waals surface area contributed by atoms with E-state index in [0.717, 1.165) is 32.3 Å². The Bertz CT molecular complexity index is 1290. The van der Waals surface area contributed by atoms with Crippen LogP contribution in [0.5, 0.6) is 0 Å². The minimum Gasteiger partial charge on any atom is -0.276 e. The number of benzene rings is 5. The molecule has 0 saturated heterocycles. The Labute approximate surface area is 158 Å². The third kappa shape index (κ3) is 1.94. The van der Waals surface area contributed by atoms with Crippen molar-refractivity contribution < 1.29 is 9.59 Å². The van der Waals surface area contributed by atoms with Crippen LogP contribution < -0.4 is 0 Å². The van der Waals surface area contributed by atoms with E-state index in [4.69, 9.17) is 23.2 Å². The van der Waals surface area contributed by atoms with Crippen molar-refractivity contribution in [1.82, 2.24) is 0 Å². The molecule has 26 heavy (non-hydrogen) atoms. The second-order valence-electron chi connectivity index (χ2n) is 6.33. The van der Waals surface area contributed by atoms with E-state index in [1.807, 2.05) is 24.3 Å². The average Bonchev–Trinajstić information content (AvgIpc) is 2.64. The van der Waals surface area contributed by atoms with Gasteiger partial charge in [-0.1, -0.05) is 48.5 Å². The van der Waals surface area contributed by atoms with Gasteiger partial charge in [-0.3, -0.25) is 9.59 Å². The third-order valence-corrected chi connectivity index (χ3v) is 5.48. The minimum atomic E-state index is -0.607. The maximum atomic E-state index is 12.0. The summed E-state index contributed by atoms with van der Waals surface area (Å²) in [5, 5.41) is 6.55. The van der Waals surface area contributed by atoms with Crippen LogP contribution in [0.3, 0.4) is 0 Å². The molecule has 5 aromatic carbocycles. The van der Waals surface area contributed by atoms with Crippen molar-refractivity contribution in [3.8, 4) is 0 Å². The number of carbonyl (C=O) groups excluding carboxylic acids is 2. The quantitative estimate of drug-likeness (QED) is 0.200. The van der Waals surface area contributed by atoms with Gasteiger partial charge in [0.2, 0.25) is 0 Å². The molecule has 0 aliphatic rings. The molecule has 5 rings (SSSR count). The fourth-order valence-electron chi connectivity index (χ4n) is 4.06. The van der Waals surface area contributed by atoms with Crippen molar-refractivity contribution in [2.45, 2.75) is 0 Å². The van der Waals surface area contributed by atoms with Crippen molar-refractivity contribution in [2.75, 3.05) is 0 Å². The van der Waals surface area contributed by atoms with Crippen molar-refractivity contribution in [2.24, 2.45) is 0 Å². The molecule has 0 atom stereocenters. The first-order chi connectivity index (χ1) is 12.6. The summed E-state index contributed by atoms with van der Waals surface area (Å²) in [6, 6.07) is 19.4. The van der Waals surface area contributed by atoms with Gasteiger partial charge in [-0.25, -0.2) is 0 Å². The third-order valence-electron chi connectivity index (χ3n) is 5.07. The first-order valence-electron chi connectivity index (χ1n) is 8.10. The molecule has 0 aromatic heterocycles. The molecule has 0 N–H and O–H groups in total. The summed E-state index contributed by atoms with van der Waals surface area (Å²) in [5.74, 6) is 0. The molecule has 0 fully saturated rings. The molecular weight excluding hydrogens is 367 g/mol. The van der Waals surface area contributed by atoms with Crippen LogP contribution in [0.2, 0.25) is 0 Å². The second kappa shape index (κ2) is 5.41. The van der Waals surface area contributed by atoms with E-state index >= 15 is 0 Å². The smallest absolute Gasteiger partial charge is 0.253 e. The molecule has 4 heteroatoms. The highest BCUT2D eigenvalue weighted by molar-refractivity contribution is 6.71. The van der Waals surface area contributed by atoms with Crippen molar-refractivity contribution >= 4 is 76.8 Å². The average molecular weight is 377 g/mol. The largest absolute Gasteiger partial charge is 0.276 e. The van der Waals surface area contributed by atoms with Gasteiger partial charge in [-0.15, -0.1) is 0 Å². The lowest BCUT2D eigenvalue weighted by Gasteiger charge is -2.16. The zero-order valence-corrected chi connectivity index (χ0v) is 14.9. The molecule has 0 heterocycles. The zero-order chi connectivity index (χ0) is 18.0. The summed E-state index contributed by atoms with van der Waals surface area (Å²) in [6.07, 6.45) is 0. The van der Waals surface area contributed by atoms with E-state index in [0.29, 0.717) is 16.5 Å². The number of halogens is 2. The molecule has 0 aliphatic carbocycles. The standard InChI is InChI=1S/C22H10Cl2O2/c23-21(25)16-9-7-14-12-5-1-3-11-4-2-6-13(18(11)12)15-8-10-17(22(24)26)20(16)19(14)15/h1-10H. The lowest BCUT2D eigenvalue weighted by molar-refractivity contribution is 0.107. The Balaban J connectivity index is 2.20. The molecule has 0 radical (unpaired) electrons. The van der Waals surface area contributed by atoms with Gasteiger partial charge in [-0.2, -0.15) is 0 Å². The molecule has 0 amide bonds. The molecule has 124 valence electrons. The number of carbonyl (C=O) groups is 2. The van der Waals surface area contributed by atoms with Crippen molar-refractivity contribution in [1.29, 1.82) is 0 Å². The van der Waals surface area contributed by atoms with E-state index in [1.165, 1.54) is 5.39 Å². The second-order valence-corrected chi connectivity index (χ2v) is 7.01. The maximum Gasteiger partial charge on any atom is 0.253 e. The fraction of sp³-hybridized carbons (Fsp3) is 0. The lowest BCUT2D eigenvalue weighted by Crippen LogP contribution is -2.00. The van der Waals surface area contributed by atoms with E-state index in [2.05, 4.69) is 24.3 Å². The van der Waals surface area contributed by atoms with E-state index < -0.39 is 10.5 Å². The fourth-order valence-corrected chi connectivity index (χ4v) is 4.38. The van der Waals surface area contributed by atoms with Gasteiger partial charge in [0.1, 0.15) is 0 Å². The summed E-state index contributed by atoms with van der Waals surface area (Å²) in [4.78, 5) is 24.0. The lowest BCUT2D eigenvalue weighted by atomic mass is 9.87. The van der Waals surface area contributed by atoms with Gasteiger partial charge < -0.3 is 0 Å². The van der Waals surface area contributed by atoms with Crippen LogP contribution in [0, 0.1) is 0 Å². The predicted octanol–water partition coefficient (Wildman–Crippen LogP) is 6.50. The highest BCUT2D eigenvalue weighted by Gasteiger charge is 2.20. The van der Waals surface area contributed by atoms with Crippen LogP contribution in [0.15, 0.2) is 60.7 Å². The molecule has 5 aromatic rings. The normalized spacial score (nSPS) is 11.8. The zero-order valence-electron chi connectivity index (χ0n) is 13.3. The monoisotopic (exact) mass is 376 g/mol. The van der Waals surface area contributed by atoms with Gasteiger partial charge in [-0.05, 0) is 73.0 Å². The summed E-state index contributed by atoms with van der Waals surface area (Å²) in [7, 11) is 0. The molecular formula is C22H10Cl2O2. The first-order valence-corrected chi connectivity index (χ1v) is 8.85. The van der Waals surface area contributed by atoms with E-state index in [9.17, 15) is 9.59 Å². The molecule has 0 saturated carbocycles. The van der Waals surface area contributed by atoms with E-state index in [1.54, 1.807) is 12.1 Å². The minimum absolute atomic E-state index is 0.294. The van der Waals surface area contributed by atoms with Gasteiger partial charge in [0.25, 0.3) is 10.5 Å². The topological polar surface area (TPSA) is 34.1 Å². The Morgan fingerprint density at radius 2 is 1.00 bits per heavy atom. The van der Waals surface area contributed by atoms with Crippen LogP contribution in [-0.4, -0.2) is 10.5 Å². The van der Waals surface area contributed by atoms with Gasteiger partial charge in [0.05, 0.1) is 0 Å². The first kappa shape index (κ1) is 15.6. The number of hydrogen-bond donors (Lipinski definition) is 0. The highest BCUT2D eigenvalue weighted by atomic mass is 35.5. The molecule has 2 nitrogen and oxygen atoms in total. The van der Waals surface area contributed by atoms with E-state index in [-0.39, 0.29) is 0 Å². The maximum absolute atomic E-state index is 12.0. The van der Waals surface area contributed by atoms with Gasteiger partial charge in [0.15, 0.2) is 0 Å². The van der Waals surface area contributed by atoms with Crippen LogP contribution in [0.1, 0.15) is 20.7 Å². The summed E-state index contributed by atoms with van der Waals surface area (Å²) in [5.41, 5.74) is 0.589. The Morgan fingerprint density at radius 1 is 0.538 bits per heavy atom. The predicted molar refractivity (Wildman–Crippen MR) is 108 cm³/mol. The number of hydrogen-bond acceptors (Lipinski definition) is 2. The SMILES string of the molecule is O=C(Cl)c1ccc2c3cccc4cccc(c5ccc(C(=O)Cl)c1c25)c43. The van der Waals surface area contributed by atoms with Crippen LogP contribution in [-0.2, 0) is 0 Å². The highest BCUT2D eigenvalue weighted by Crippen LogP contribution is 2.42. The Morgan fingerprint density at radius 3 is 1.46 bits per heavy atom. The van der Waals surface area contributed by atoms with Crippen LogP contribution in [0.4, 0.5) is 0 Å². The number of rotatable bonds is 2. The van der Waals surface area contributed by atoms with Crippen molar-refractivity contribution in [3.63, 3.8) is 0 Å². The summed E-state index contributed by atoms with van der Waals surface area (Å²) in [6.45, 7) is 0. The molecule has 0 aliphatic heterocycles.